The van der Waals surface area contributed by atoms with Crippen LogP contribution in [0, 0.1) is 0 Å². The number of hydrogen-bond donors (Lipinski definition) is 8. The number of carboxylic acids is 1. The number of aromatic amines is 1. The molecule has 1 rings (SSSR count). The largest absolute Gasteiger partial charge is 0.480 e. The molecule has 0 spiro atoms. The van der Waals surface area contributed by atoms with Crippen molar-refractivity contribution in [1.29, 1.82) is 0 Å². The second-order valence-electron chi connectivity index (χ2n) is 7.08. The van der Waals surface area contributed by atoms with Gasteiger partial charge in [0.2, 0.25) is 11.8 Å². The maximum Gasteiger partial charge on any atom is 0.326 e. The maximum absolute atomic E-state index is 12.8. The van der Waals surface area contributed by atoms with Crippen molar-refractivity contribution in [3.63, 3.8) is 0 Å². The molecule has 0 saturated carbocycles. The summed E-state index contributed by atoms with van der Waals surface area (Å²) in [5, 5.41) is 14.5. The van der Waals surface area contributed by atoms with E-state index in [1.54, 1.807) is 0 Å². The number of nitrogens with two attached hydrogens (primary N) is 4. The van der Waals surface area contributed by atoms with Crippen LogP contribution in [0.25, 0.3) is 0 Å². The van der Waals surface area contributed by atoms with Gasteiger partial charge in [0.05, 0.1) is 12.4 Å². The molecule has 174 valence electrons. The van der Waals surface area contributed by atoms with Gasteiger partial charge in [0.15, 0.2) is 5.96 Å². The number of imidazole rings is 1. The monoisotopic (exact) mass is 439 g/mol. The van der Waals surface area contributed by atoms with Gasteiger partial charge >= 0.3 is 5.97 Å². The van der Waals surface area contributed by atoms with Crippen molar-refractivity contribution < 1.29 is 19.5 Å². The van der Waals surface area contributed by atoms with E-state index in [1.165, 1.54) is 12.5 Å². The van der Waals surface area contributed by atoms with Gasteiger partial charge in [-0.3, -0.25) is 14.6 Å². The number of unbranched alkanes of at least 4 members (excludes halogenated alkanes) is 1. The fourth-order valence-electron chi connectivity index (χ4n) is 2.78. The minimum Gasteiger partial charge on any atom is -0.480 e. The van der Waals surface area contributed by atoms with E-state index in [0.717, 1.165) is 0 Å². The van der Waals surface area contributed by atoms with Gasteiger partial charge in [0, 0.05) is 24.9 Å². The highest BCUT2D eigenvalue weighted by atomic mass is 16.4. The van der Waals surface area contributed by atoms with Crippen LogP contribution in [0.1, 0.15) is 37.8 Å². The van der Waals surface area contributed by atoms with E-state index in [0.29, 0.717) is 44.5 Å². The Hall–Kier alpha value is -3.19. The van der Waals surface area contributed by atoms with Crippen molar-refractivity contribution in [2.45, 2.75) is 56.7 Å². The normalized spacial score (nSPS) is 13.6. The number of aliphatic imine (C=N–C) groups is 1. The first-order chi connectivity index (χ1) is 14.7. The second-order valence-corrected chi connectivity index (χ2v) is 7.08. The zero-order valence-electron chi connectivity index (χ0n) is 17.4. The van der Waals surface area contributed by atoms with Crippen LogP contribution in [-0.2, 0) is 20.8 Å². The third kappa shape index (κ3) is 10.4. The SMILES string of the molecule is NCCCC[C@H](NC(=O)[C@H](Cc1cnc[nH]1)NC(=O)[C@@H](N)CCCN=C(N)N)C(=O)O. The molecule has 0 aliphatic carbocycles. The highest BCUT2D eigenvalue weighted by Gasteiger charge is 2.28. The standard InChI is InChI=1S/C18H33N9O4/c19-6-2-1-5-13(17(30)31)26-16(29)14(8-11-9-23-10-25-11)27-15(28)12(20)4-3-7-24-18(21)22/h9-10,12-14H,1-8,19-20H2,(H,23,25)(H,26,29)(H,27,28)(H,30,31)(H4,21,22,24)/t12-,13-,14-/m0/s1. The zero-order valence-corrected chi connectivity index (χ0v) is 17.4. The van der Waals surface area contributed by atoms with E-state index < -0.39 is 35.9 Å². The lowest BCUT2D eigenvalue weighted by molar-refractivity contribution is -0.142. The van der Waals surface area contributed by atoms with Crippen LogP contribution in [0.4, 0.5) is 0 Å². The first-order valence-electron chi connectivity index (χ1n) is 10.1. The summed E-state index contributed by atoms with van der Waals surface area (Å²) in [6.07, 6.45) is 5.24. The lowest BCUT2D eigenvalue weighted by Gasteiger charge is -2.22. The summed E-state index contributed by atoms with van der Waals surface area (Å²) in [7, 11) is 0. The highest BCUT2D eigenvalue weighted by molar-refractivity contribution is 5.91. The van der Waals surface area contributed by atoms with Crippen molar-refractivity contribution in [2.24, 2.45) is 27.9 Å². The summed E-state index contributed by atoms with van der Waals surface area (Å²) in [5.74, 6) is -2.38. The molecule has 2 amide bonds. The van der Waals surface area contributed by atoms with Gasteiger partial charge < -0.3 is 43.7 Å². The number of carbonyl (C=O) groups is 3. The van der Waals surface area contributed by atoms with E-state index in [4.69, 9.17) is 22.9 Å². The minimum atomic E-state index is -1.16. The van der Waals surface area contributed by atoms with Crippen LogP contribution in [0.15, 0.2) is 17.5 Å². The van der Waals surface area contributed by atoms with Gasteiger partial charge in [-0.2, -0.15) is 0 Å². The molecular weight excluding hydrogens is 406 g/mol. The third-order valence-electron chi connectivity index (χ3n) is 4.48. The number of amides is 2. The number of carboxylic acid groups (broad SMARTS) is 1. The molecule has 13 nitrogen and oxygen atoms in total. The molecule has 0 fully saturated rings. The molecule has 3 atom stereocenters. The average molecular weight is 440 g/mol. The number of aromatic nitrogens is 2. The Labute approximate surface area is 180 Å². The smallest absolute Gasteiger partial charge is 0.326 e. The molecule has 1 heterocycles. The average Bonchev–Trinajstić information content (AvgIpc) is 3.22. The fraction of sp³-hybridized carbons (Fsp3) is 0.611. The van der Waals surface area contributed by atoms with Crippen molar-refractivity contribution in [3.8, 4) is 0 Å². The van der Waals surface area contributed by atoms with E-state index >= 15 is 0 Å². The molecule has 0 radical (unpaired) electrons. The van der Waals surface area contributed by atoms with Crippen molar-refractivity contribution in [1.82, 2.24) is 20.6 Å². The van der Waals surface area contributed by atoms with E-state index in [1.807, 2.05) is 0 Å². The van der Waals surface area contributed by atoms with Gasteiger partial charge in [0.25, 0.3) is 0 Å². The van der Waals surface area contributed by atoms with Crippen LogP contribution in [-0.4, -0.2) is 70.0 Å². The highest BCUT2D eigenvalue weighted by Crippen LogP contribution is 2.05. The molecule has 1 aromatic rings. The van der Waals surface area contributed by atoms with Crippen molar-refractivity contribution in [2.75, 3.05) is 13.1 Å². The minimum absolute atomic E-state index is 0.0474. The Morgan fingerprint density at radius 2 is 1.81 bits per heavy atom. The zero-order chi connectivity index (χ0) is 23.2. The summed E-state index contributed by atoms with van der Waals surface area (Å²) in [5.41, 5.74) is 22.4. The molecule has 0 aliphatic rings. The van der Waals surface area contributed by atoms with E-state index in [-0.39, 0.29) is 18.8 Å². The third-order valence-corrected chi connectivity index (χ3v) is 4.48. The van der Waals surface area contributed by atoms with E-state index in [9.17, 15) is 19.5 Å². The fourth-order valence-corrected chi connectivity index (χ4v) is 2.78. The number of aliphatic carboxylic acids is 1. The summed E-state index contributed by atoms with van der Waals surface area (Å²) in [6, 6.07) is -3.01. The molecule has 0 aromatic carbocycles. The van der Waals surface area contributed by atoms with E-state index in [2.05, 4.69) is 25.6 Å². The molecule has 0 saturated heterocycles. The van der Waals surface area contributed by atoms with Crippen LogP contribution in [0.5, 0.6) is 0 Å². The lowest BCUT2D eigenvalue weighted by atomic mass is 10.1. The number of rotatable bonds is 15. The summed E-state index contributed by atoms with van der Waals surface area (Å²) in [4.78, 5) is 47.3. The Morgan fingerprint density at radius 1 is 1.10 bits per heavy atom. The van der Waals surface area contributed by atoms with Gasteiger partial charge in [-0.25, -0.2) is 9.78 Å². The number of guanidine groups is 1. The second kappa shape index (κ2) is 13.9. The Kier molecular flexibility index (Phi) is 11.6. The molecular formula is C18H33N9O4. The maximum atomic E-state index is 12.8. The van der Waals surface area contributed by atoms with Crippen LogP contribution >= 0.6 is 0 Å². The Balaban J connectivity index is 2.76. The van der Waals surface area contributed by atoms with Gasteiger partial charge in [-0.05, 0) is 38.6 Å². The van der Waals surface area contributed by atoms with Crippen LogP contribution in [0.3, 0.4) is 0 Å². The molecule has 31 heavy (non-hydrogen) atoms. The number of nitrogens with zero attached hydrogens (tertiary/aromatic N) is 2. The first kappa shape index (κ1) is 25.8. The number of nitrogens with one attached hydrogen (secondary N) is 3. The molecule has 0 bridgehead atoms. The number of hydrogen-bond acceptors (Lipinski definition) is 7. The first-order valence-corrected chi connectivity index (χ1v) is 10.1. The molecule has 13 heteroatoms. The predicted octanol–water partition coefficient (Wildman–Crippen LogP) is -2.48. The summed E-state index contributed by atoms with van der Waals surface area (Å²) >= 11 is 0. The Morgan fingerprint density at radius 3 is 2.39 bits per heavy atom. The summed E-state index contributed by atoms with van der Waals surface area (Å²) < 4.78 is 0. The van der Waals surface area contributed by atoms with Gasteiger partial charge in [-0.1, -0.05) is 0 Å². The molecule has 0 unspecified atom stereocenters. The molecule has 0 aliphatic heterocycles. The van der Waals surface area contributed by atoms with Crippen molar-refractivity contribution in [3.05, 3.63) is 18.2 Å². The summed E-state index contributed by atoms with van der Waals surface area (Å²) in [6.45, 7) is 0.754. The Bertz CT molecular complexity index is 720. The van der Waals surface area contributed by atoms with Crippen LogP contribution < -0.4 is 33.6 Å². The van der Waals surface area contributed by atoms with Crippen molar-refractivity contribution >= 4 is 23.7 Å². The predicted molar refractivity (Wildman–Crippen MR) is 115 cm³/mol. The quantitative estimate of drug-likeness (QED) is 0.0817. The van der Waals surface area contributed by atoms with Crippen LogP contribution in [0.2, 0.25) is 0 Å². The molecule has 12 N–H and O–H groups in total. The number of H-pyrrole nitrogens is 1. The van der Waals surface area contributed by atoms with Gasteiger partial charge in [0.1, 0.15) is 12.1 Å². The number of carbonyl (C=O) groups excluding carboxylic acids is 2. The molecule has 1 aromatic heterocycles. The lowest BCUT2D eigenvalue weighted by Crippen LogP contribution is -2.55. The topological polar surface area (TPSA) is 241 Å². The van der Waals surface area contributed by atoms with Gasteiger partial charge in [-0.15, -0.1) is 0 Å².